The first-order valence-electron chi connectivity index (χ1n) is 9.95. The van der Waals surface area contributed by atoms with Gasteiger partial charge in [0.2, 0.25) is 5.91 Å². The molecule has 1 saturated heterocycles. The van der Waals surface area contributed by atoms with Crippen LogP contribution in [0, 0.1) is 11.8 Å². The van der Waals surface area contributed by atoms with Crippen LogP contribution in [0.2, 0.25) is 0 Å². The zero-order valence-electron chi connectivity index (χ0n) is 15.4. The summed E-state index contributed by atoms with van der Waals surface area (Å²) in [5.74, 6) is 1.62. The summed E-state index contributed by atoms with van der Waals surface area (Å²) >= 11 is 3.21. The second-order valence-corrected chi connectivity index (χ2v) is 8.48. The van der Waals surface area contributed by atoms with Gasteiger partial charge < -0.3 is 15.3 Å². The molecule has 2 N–H and O–H groups in total. The molecule has 5 heteroatoms. The highest BCUT2D eigenvalue weighted by atomic mass is 79.9. The Labute approximate surface area is 165 Å². The lowest BCUT2D eigenvalue weighted by atomic mass is 9.75. The molecule has 0 radical (unpaired) electrons. The number of hydrogen-bond acceptors (Lipinski definition) is 3. The van der Waals surface area contributed by atoms with E-state index in [2.05, 4.69) is 26.1 Å². The Morgan fingerprint density at radius 2 is 1.92 bits per heavy atom. The molecule has 26 heavy (non-hydrogen) atoms. The number of piperidine rings is 1. The van der Waals surface area contributed by atoms with E-state index in [0.717, 1.165) is 30.5 Å². The second-order valence-electron chi connectivity index (χ2n) is 7.92. The molecule has 4 unspecified atom stereocenters. The molecule has 1 aromatic rings. The van der Waals surface area contributed by atoms with Gasteiger partial charge in [-0.1, -0.05) is 65.5 Å². The minimum atomic E-state index is -0.557. The number of carbonyl (C=O) groups is 1. The molecule has 4 nitrogen and oxygen atoms in total. The molecule has 3 rings (SSSR count). The summed E-state index contributed by atoms with van der Waals surface area (Å²) in [7, 11) is 0. The van der Waals surface area contributed by atoms with Crippen LogP contribution in [0.5, 0.6) is 0 Å². The van der Waals surface area contributed by atoms with Crippen LogP contribution in [0.15, 0.2) is 30.3 Å². The monoisotopic (exact) mass is 422 g/mol. The molecular formula is C21H31BrN2O2. The van der Waals surface area contributed by atoms with E-state index in [9.17, 15) is 9.90 Å². The fourth-order valence-corrected chi connectivity index (χ4v) is 4.79. The number of alkyl halides is 1. The zero-order chi connectivity index (χ0) is 18.4. The summed E-state index contributed by atoms with van der Waals surface area (Å²) < 4.78 is 0. The number of β-amino-alcohol motifs (C(OH)–C–C–N with tert-alkyl or cyclic N) is 1. The smallest absolute Gasteiger partial charge is 0.230 e. The first-order chi connectivity index (χ1) is 12.7. The van der Waals surface area contributed by atoms with E-state index >= 15 is 0 Å². The van der Waals surface area contributed by atoms with Gasteiger partial charge >= 0.3 is 0 Å². The van der Waals surface area contributed by atoms with Gasteiger partial charge in [-0.05, 0) is 43.2 Å². The highest BCUT2D eigenvalue weighted by molar-refractivity contribution is 9.09. The minimum Gasteiger partial charge on any atom is -0.390 e. The van der Waals surface area contributed by atoms with Crippen molar-refractivity contribution in [3.63, 3.8) is 0 Å². The van der Waals surface area contributed by atoms with Crippen LogP contribution in [-0.4, -0.2) is 53.0 Å². The molecule has 1 amide bonds. The molecule has 2 fully saturated rings. The summed E-state index contributed by atoms with van der Waals surface area (Å²) in [6.45, 7) is 2.82. The fraction of sp³-hybridized carbons (Fsp3) is 0.667. The number of fused-ring (bicyclic) bond motifs is 1. The molecule has 1 heterocycles. The average molecular weight is 423 g/mol. The zero-order valence-corrected chi connectivity index (χ0v) is 17.0. The number of rotatable bonds is 7. The molecule has 2 aliphatic rings. The first kappa shape index (κ1) is 19.8. The lowest BCUT2D eigenvalue weighted by Gasteiger charge is -2.42. The summed E-state index contributed by atoms with van der Waals surface area (Å²) in [5, 5.41) is 14.2. The molecule has 4 atom stereocenters. The Hall–Kier alpha value is -0.910. The van der Waals surface area contributed by atoms with Gasteiger partial charge in [-0.3, -0.25) is 4.79 Å². The Morgan fingerprint density at radius 1 is 1.19 bits per heavy atom. The molecule has 1 aromatic carbocycles. The van der Waals surface area contributed by atoms with E-state index in [-0.39, 0.29) is 17.3 Å². The molecule has 0 spiro atoms. The number of nitrogens with zero attached hydrogens (tertiary/aromatic N) is 1. The highest BCUT2D eigenvalue weighted by Gasteiger charge is 2.33. The first-order valence-corrected chi connectivity index (χ1v) is 11.1. The second kappa shape index (κ2) is 9.86. The van der Waals surface area contributed by atoms with Crippen molar-refractivity contribution >= 4 is 21.8 Å². The summed E-state index contributed by atoms with van der Waals surface area (Å²) in [6.07, 6.45) is 6.83. The normalized spacial score (nSPS) is 25.9. The lowest BCUT2D eigenvalue weighted by molar-refractivity contribution is -0.120. The maximum absolute atomic E-state index is 11.9. The van der Waals surface area contributed by atoms with Crippen LogP contribution in [0.1, 0.15) is 37.7 Å². The van der Waals surface area contributed by atoms with Crippen LogP contribution in [0.25, 0.3) is 0 Å². The Balaban J connectivity index is 1.59. The van der Waals surface area contributed by atoms with Crippen molar-refractivity contribution in [3.8, 4) is 0 Å². The molecule has 1 aliphatic heterocycles. The Bertz CT molecular complexity index is 568. The number of halogens is 1. The third kappa shape index (κ3) is 5.54. The Morgan fingerprint density at radius 3 is 2.65 bits per heavy atom. The van der Waals surface area contributed by atoms with E-state index in [1.807, 2.05) is 30.3 Å². The van der Waals surface area contributed by atoms with E-state index < -0.39 is 6.10 Å². The van der Waals surface area contributed by atoms with Gasteiger partial charge in [0.1, 0.15) is 0 Å². The maximum Gasteiger partial charge on any atom is 0.230 e. The van der Waals surface area contributed by atoms with Crippen LogP contribution < -0.4 is 5.32 Å². The van der Waals surface area contributed by atoms with Crippen LogP contribution >= 0.6 is 15.9 Å². The fourth-order valence-electron chi connectivity index (χ4n) is 4.63. The van der Waals surface area contributed by atoms with Gasteiger partial charge in [0.15, 0.2) is 0 Å². The van der Waals surface area contributed by atoms with Crippen molar-refractivity contribution in [2.45, 2.75) is 50.7 Å². The lowest BCUT2D eigenvalue weighted by Crippen LogP contribution is -2.52. The topological polar surface area (TPSA) is 52.6 Å². The standard InChI is InChI=1S/C21H31BrN2O2/c22-13-21(26)23-19(12-16-6-2-1-3-7-16)20(25)15-24-11-10-17-8-4-5-9-18(17)14-24/h1-3,6-7,17-20,25H,4-5,8-15H2,(H,23,26). The predicted octanol–water partition coefficient (Wildman–Crippen LogP) is 2.98. The largest absolute Gasteiger partial charge is 0.390 e. The van der Waals surface area contributed by atoms with Crippen molar-refractivity contribution in [2.24, 2.45) is 11.8 Å². The summed E-state index contributed by atoms with van der Waals surface area (Å²) in [5.41, 5.74) is 1.14. The highest BCUT2D eigenvalue weighted by Crippen LogP contribution is 2.36. The maximum atomic E-state index is 11.9. The van der Waals surface area contributed by atoms with Crippen molar-refractivity contribution in [2.75, 3.05) is 25.0 Å². The van der Waals surface area contributed by atoms with Gasteiger partial charge in [-0.25, -0.2) is 0 Å². The van der Waals surface area contributed by atoms with Crippen LogP contribution in [0.3, 0.4) is 0 Å². The van der Waals surface area contributed by atoms with Gasteiger partial charge in [0, 0.05) is 13.1 Å². The number of likely N-dealkylation sites (tertiary alicyclic amines) is 1. The quantitative estimate of drug-likeness (QED) is 0.663. The Kier molecular flexibility index (Phi) is 7.52. The third-order valence-electron chi connectivity index (χ3n) is 6.05. The van der Waals surface area contributed by atoms with Crippen molar-refractivity contribution < 1.29 is 9.90 Å². The number of carbonyl (C=O) groups excluding carboxylic acids is 1. The van der Waals surface area contributed by atoms with Gasteiger partial charge in [-0.15, -0.1) is 0 Å². The van der Waals surface area contributed by atoms with Crippen molar-refractivity contribution in [1.29, 1.82) is 0 Å². The minimum absolute atomic E-state index is 0.0732. The number of nitrogens with one attached hydrogen (secondary N) is 1. The number of aliphatic hydroxyl groups is 1. The molecular weight excluding hydrogens is 392 g/mol. The number of amides is 1. The van der Waals surface area contributed by atoms with E-state index in [1.54, 1.807) is 0 Å². The van der Waals surface area contributed by atoms with E-state index in [0.29, 0.717) is 13.0 Å². The molecule has 0 aromatic heterocycles. The molecule has 1 saturated carbocycles. The number of benzene rings is 1. The third-order valence-corrected chi connectivity index (χ3v) is 6.56. The SMILES string of the molecule is O=C(CBr)NC(Cc1ccccc1)C(O)CN1CCC2CCCCC2C1. The average Bonchev–Trinajstić information content (AvgIpc) is 2.68. The number of hydrogen-bond donors (Lipinski definition) is 2. The van der Waals surface area contributed by atoms with Crippen LogP contribution in [-0.2, 0) is 11.2 Å². The summed E-state index contributed by atoms with van der Waals surface area (Å²) in [6, 6.07) is 9.82. The van der Waals surface area contributed by atoms with Crippen molar-refractivity contribution in [3.05, 3.63) is 35.9 Å². The van der Waals surface area contributed by atoms with Crippen LogP contribution in [0.4, 0.5) is 0 Å². The predicted molar refractivity (Wildman–Crippen MR) is 108 cm³/mol. The number of aliphatic hydroxyl groups excluding tert-OH is 1. The summed E-state index contributed by atoms with van der Waals surface area (Å²) in [4.78, 5) is 14.3. The molecule has 1 aliphatic carbocycles. The van der Waals surface area contributed by atoms with Gasteiger partial charge in [0.05, 0.1) is 17.5 Å². The van der Waals surface area contributed by atoms with E-state index in [4.69, 9.17) is 0 Å². The molecule has 0 bridgehead atoms. The van der Waals surface area contributed by atoms with Gasteiger partial charge in [-0.2, -0.15) is 0 Å². The van der Waals surface area contributed by atoms with Crippen molar-refractivity contribution in [1.82, 2.24) is 10.2 Å². The van der Waals surface area contributed by atoms with Gasteiger partial charge in [0.25, 0.3) is 0 Å². The molecule has 144 valence electrons. The van der Waals surface area contributed by atoms with E-state index in [1.165, 1.54) is 32.1 Å².